The second-order valence-corrected chi connectivity index (χ2v) is 5.15. The van der Waals surface area contributed by atoms with Gasteiger partial charge in [-0.05, 0) is 18.2 Å². The third-order valence-electron chi connectivity index (χ3n) is 3.47. The standard InChI is InChI=1S/C15H11F4N5O2/c1-26-13(25)8-2-3-10(16)9(4-8)6-20-12-5-11(15(17,18)19)23-14-21-7-22-24(12)14/h2-5,7,20H,6H2,1H3. The molecule has 0 fully saturated rings. The molecule has 0 atom stereocenters. The number of anilines is 1. The van der Waals surface area contributed by atoms with E-state index in [2.05, 4.69) is 25.1 Å². The van der Waals surface area contributed by atoms with Crippen molar-refractivity contribution >= 4 is 17.6 Å². The predicted octanol–water partition coefficient (Wildman–Crippen LogP) is 2.68. The number of halogens is 4. The molecule has 0 aliphatic heterocycles. The first-order chi connectivity index (χ1) is 12.3. The molecule has 0 saturated heterocycles. The second-order valence-electron chi connectivity index (χ2n) is 5.15. The molecule has 3 aromatic rings. The van der Waals surface area contributed by atoms with Gasteiger partial charge in [-0.3, -0.25) is 0 Å². The molecule has 2 heterocycles. The fourth-order valence-electron chi connectivity index (χ4n) is 2.22. The van der Waals surface area contributed by atoms with Crippen LogP contribution in [0.4, 0.5) is 23.4 Å². The third-order valence-corrected chi connectivity index (χ3v) is 3.47. The van der Waals surface area contributed by atoms with Gasteiger partial charge in [-0.25, -0.2) is 14.2 Å². The van der Waals surface area contributed by atoms with Gasteiger partial charge in [-0.1, -0.05) is 0 Å². The molecule has 11 heteroatoms. The average molecular weight is 369 g/mol. The van der Waals surface area contributed by atoms with Gasteiger partial charge < -0.3 is 10.1 Å². The molecule has 0 amide bonds. The molecule has 3 rings (SSSR count). The van der Waals surface area contributed by atoms with E-state index in [1.54, 1.807) is 0 Å². The number of esters is 1. The summed E-state index contributed by atoms with van der Waals surface area (Å²) in [5.74, 6) is -1.63. The molecule has 0 radical (unpaired) electrons. The lowest BCUT2D eigenvalue weighted by atomic mass is 10.1. The Balaban J connectivity index is 1.93. The number of hydrogen-bond donors (Lipinski definition) is 1. The molecule has 0 unspecified atom stereocenters. The maximum absolute atomic E-state index is 13.9. The van der Waals surface area contributed by atoms with Gasteiger partial charge in [-0.2, -0.15) is 27.8 Å². The molecule has 0 aliphatic carbocycles. The van der Waals surface area contributed by atoms with Crippen LogP contribution >= 0.6 is 0 Å². The molecule has 0 spiro atoms. The molecule has 0 saturated carbocycles. The van der Waals surface area contributed by atoms with Gasteiger partial charge in [-0.15, -0.1) is 0 Å². The second kappa shape index (κ2) is 6.58. The number of hydrogen-bond acceptors (Lipinski definition) is 6. The molecule has 136 valence electrons. The zero-order chi connectivity index (χ0) is 18.9. The number of alkyl halides is 3. The summed E-state index contributed by atoms with van der Waals surface area (Å²) in [6, 6.07) is 4.30. The third kappa shape index (κ3) is 3.41. The van der Waals surface area contributed by atoms with E-state index >= 15 is 0 Å². The fraction of sp³-hybridized carbons (Fsp3) is 0.200. The number of nitrogens with zero attached hydrogens (tertiary/aromatic N) is 4. The number of methoxy groups -OCH3 is 1. The van der Waals surface area contributed by atoms with Crippen LogP contribution in [0.3, 0.4) is 0 Å². The van der Waals surface area contributed by atoms with Crippen LogP contribution in [-0.4, -0.2) is 32.7 Å². The van der Waals surface area contributed by atoms with E-state index in [0.29, 0.717) is 0 Å². The van der Waals surface area contributed by atoms with Crippen molar-refractivity contribution in [1.82, 2.24) is 19.6 Å². The molecule has 26 heavy (non-hydrogen) atoms. The van der Waals surface area contributed by atoms with Crippen LogP contribution in [0.5, 0.6) is 0 Å². The maximum Gasteiger partial charge on any atom is 0.433 e. The van der Waals surface area contributed by atoms with Crippen LogP contribution in [0, 0.1) is 5.82 Å². The quantitative estimate of drug-likeness (QED) is 0.563. The van der Waals surface area contributed by atoms with Crippen LogP contribution in [0.15, 0.2) is 30.6 Å². The van der Waals surface area contributed by atoms with Gasteiger partial charge in [0.1, 0.15) is 18.0 Å². The lowest BCUT2D eigenvalue weighted by Gasteiger charge is -2.12. The smallest absolute Gasteiger partial charge is 0.433 e. The summed E-state index contributed by atoms with van der Waals surface area (Å²) in [6.45, 7) is -0.201. The average Bonchev–Trinajstić information content (AvgIpc) is 3.08. The first-order valence-corrected chi connectivity index (χ1v) is 7.18. The summed E-state index contributed by atoms with van der Waals surface area (Å²) >= 11 is 0. The zero-order valence-corrected chi connectivity index (χ0v) is 13.2. The van der Waals surface area contributed by atoms with Crippen molar-refractivity contribution in [2.75, 3.05) is 12.4 Å². The van der Waals surface area contributed by atoms with E-state index in [-0.39, 0.29) is 29.3 Å². The fourth-order valence-corrected chi connectivity index (χ4v) is 2.22. The van der Waals surface area contributed by atoms with E-state index in [9.17, 15) is 22.4 Å². The van der Waals surface area contributed by atoms with E-state index in [4.69, 9.17) is 0 Å². The van der Waals surface area contributed by atoms with Gasteiger partial charge in [0.05, 0.1) is 12.7 Å². The summed E-state index contributed by atoms with van der Waals surface area (Å²) in [4.78, 5) is 18.5. The minimum atomic E-state index is -4.68. The van der Waals surface area contributed by atoms with Crippen molar-refractivity contribution in [3.05, 3.63) is 53.2 Å². The molecule has 1 aromatic carbocycles. The number of aromatic nitrogens is 4. The molecule has 2 aromatic heterocycles. The monoisotopic (exact) mass is 369 g/mol. The van der Waals surface area contributed by atoms with Crippen LogP contribution in [0.2, 0.25) is 0 Å². The largest absolute Gasteiger partial charge is 0.465 e. The van der Waals surface area contributed by atoms with Crippen LogP contribution in [-0.2, 0) is 17.5 Å². The Morgan fingerprint density at radius 1 is 1.31 bits per heavy atom. The highest BCUT2D eigenvalue weighted by molar-refractivity contribution is 5.89. The highest BCUT2D eigenvalue weighted by atomic mass is 19.4. The van der Waals surface area contributed by atoms with Crippen LogP contribution in [0.1, 0.15) is 21.6 Å². The predicted molar refractivity (Wildman–Crippen MR) is 80.9 cm³/mol. The summed E-state index contributed by atoms with van der Waals surface area (Å²) in [6.07, 6.45) is -3.63. The van der Waals surface area contributed by atoms with Crippen LogP contribution in [0.25, 0.3) is 5.78 Å². The van der Waals surface area contributed by atoms with Crippen molar-refractivity contribution in [2.45, 2.75) is 12.7 Å². The lowest BCUT2D eigenvalue weighted by molar-refractivity contribution is -0.141. The SMILES string of the molecule is COC(=O)c1ccc(F)c(CNc2cc(C(F)(F)F)nc3ncnn23)c1. The van der Waals surface area contributed by atoms with Crippen molar-refractivity contribution in [3.8, 4) is 0 Å². The van der Waals surface area contributed by atoms with Crippen molar-refractivity contribution in [2.24, 2.45) is 0 Å². The Morgan fingerprint density at radius 2 is 2.08 bits per heavy atom. The maximum atomic E-state index is 13.9. The van der Waals surface area contributed by atoms with Gasteiger partial charge in [0.25, 0.3) is 5.78 Å². The van der Waals surface area contributed by atoms with E-state index in [0.717, 1.165) is 23.0 Å². The number of nitrogens with one attached hydrogen (secondary N) is 1. The molecular formula is C15H11F4N5O2. The van der Waals surface area contributed by atoms with Crippen molar-refractivity contribution in [3.63, 3.8) is 0 Å². The Labute approximate surface area is 143 Å². The van der Waals surface area contributed by atoms with Gasteiger partial charge in [0.15, 0.2) is 5.69 Å². The first-order valence-electron chi connectivity index (χ1n) is 7.18. The lowest BCUT2D eigenvalue weighted by Crippen LogP contribution is -2.14. The van der Waals surface area contributed by atoms with E-state index in [1.165, 1.54) is 19.2 Å². The number of benzene rings is 1. The van der Waals surface area contributed by atoms with Gasteiger partial charge >= 0.3 is 12.1 Å². The van der Waals surface area contributed by atoms with Crippen molar-refractivity contribution < 1.29 is 27.1 Å². The highest BCUT2D eigenvalue weighted by Crippen LogP contribution is 2.29. The minimum Gasteiger partial charge on any atom is -0.465 e. The Hall–Kier alpha value is -3.24. The van der Waals surface area contributed by atoms with Gasteiger partial charge in [0, 0.05) is 18.2 Å². The number of carbonyl (C=O) groups excluding carboxylic acids is 1. The molecule has 1 N–H and O–H groups in total. The summed E-state index contributed by atoms with van der Waals surface area (Å²) in [5.41, 5.74) is -0.988. The van der Waals surface area contributed by atoms with Gasteiger partial charge in [0.2, 0.25) is 0 Å². The van der Waals surface area contributed by atoms with Crippen LogP contribution < -0.4 is 5.32 Å². The highest BCUT2D eigenvalue weighted by Gasteiger charge is 2.34. The number of ether oxygens (including phenoxy) is 1. The normalized spacial score (nSPS) is 11.6. The number of rotatable bonds is 4. The van der Waals surface area contributed by atoms with Crippen molar-refractivity contribution in [1.29, 1.82) is 0 Å². The molecule has 0 aliphatic rings. The Kier molecular flexibility index (Phi) is 4.45. The minimum absolute atomic E-state index is 0.0616. The summed E-state index contributed by atoms with van der Waals surface area (Å²) in [5, 5.41) is 6.44. The Bertz CT molecular complexity index is 970. The molecule has 7 nitrogen and oxygen atoms in total. The first kappa shape index (κ1) is 17.6. The summed E-state index contributed by atoms with van der Waals surface area (Å²) < 4.78 is 58.4. The topological polar surface area (TPSA) is 81.4 Å². The molecule has 0 bridgehead atoms. The molecular weight excluding hydrogens is 358 g/mol. The summed E-state index contributed by atoms with van der Waals surface area (Å²) in [7, 11) is 1.18. The number of carbonyl (C=O) groups is 1. The van der Waals surface area contributed by atoms with E-state index < -0.39 is 23.7 Å². The van der Waals surface area contributed by atoms with E-state index in [1.807, 2.05) is 0 Å². The zero-order valence-electron chi connectivity index (χ0n) is 13.2. The number of fused-ring (bicyclic) bond motifs is 1. The Morgan fingerprint density at radius 3 is 2.77 bits per heavy atom.